The third-order valence-electron chi connectivity index (χ3n) is 2.37. The number of rotatable bonds is 0. The molecule has 1 aromatic rings. The van der Waals surface area contributed by atoms with Crippen LogP contribution in [0.5, 0.6) is 0 Å². The summed E-state index contributed by atoms with van der Waals surface area (Å²) in [5, 5.41) is 3.07. The van der Waals surface area contributed by atoms with E-state index < -0.39 is 12.0 Å². The van der Waals surface area contributed by atoms with Crippen molar-refractivity contribution < 1.29 is 13.2 Å². The molecule has 2 rings (SSSR count). The number of imidazole rings is 1. The number of halogens is 3. The van der Waals surface area contributed by atoms with E-state index >= 15 is 0 Å². The molecular formula is C8H10F3N3. The summed E-state index contributed by atoms with van der Waals surface area (Å²) in [5.41, 5.74) is 0.601. The Bertz CT molecular complexity index is 342. The topological polar surface area (TPSA) is 29.9 Å². The van der Waals surface area contributed by atoms with Gasteiger partial charge in [-0.25, -0.2) is 4.98 Å². The molecule has 0 aromatic carbocycles. The molecule has 78 valence electrons. The Balaban J connectivity index is 2.46. The number of aromatic nitrogens is 2. The van der Waals surface area contributed by atoms with Crippen molar-refractivity contribution >= 4 is 0 Å². The van der Waals surface area contributed by atoms with Gasteiger partial charge < -0.3 is 9.88 Å². The average Bonchev–Trinajstić information content (AvgIpc) is 2.47. The minimum absolute atomic E-state index is 0.0626. The molecule has 1 unspecified atom stereocenters. The van der Waals surface area contributed by atoms with Crippen LogP contribution in [-0.2, 0) is 12.7 Å². The van der Waals surface area contributed by atoms with E-state index in [1.54, 1.807) is 0 Å². The molecule has 1 aromatic heterocycles. The smallest absolute Gasteiger partial charge is 0.322 e. The highest BCUT2D eigenvalue weighted by Gasteiger charge is 2.38. The fraction of sp³-hybridized carbons (Fsp3) is 0.625. The highest BCUT2D eigenvalue weighted by atomic mass is 19.4. The lowest BCUT2D eigenvalue weighted by Crippen LogP contribution is -2.33. The van der Waals surface area contributed by atoms with E-state index in [9.17, 15) is 13.2 Å². The van der Waals surface area contributed by atoms with Crippen molar-refractivity contribution in [2.24, 2.45) is 0 Å². The minimum Gasteiger partial charge on any atom is -0.322 e. The van der Waals surface area contributed by atoms with Gasteiger partial charge in [-0.3, -0.25) is 0 Å². The van der Waals surface area contributed by atoms with Crippen molar-refractivity contribution in [3.05, 3.63) is 17.7 Å². The van der Waals surface area contributed by atoms with Crippen LogP contribution in [0.25, 0.3) is 0 Å². The van der Waals surface area contributed by atoms with Gasteiger partial charge in [-0.2, -0.15) is 13.2 Å². The molecule has 1 atom stereocenters. The lowest BCUT2D eigenvalue weighted by Gasteiger charge is -2.24. The van der Waals surface area contributed by atoms with Crippen molar-refractivity contribution in [3.63, 3.8) is 0 Å². The maximum Gasteiger partial charge on any atom is 0.449 e. The summed E-state index contributed by atoms with van der Waals surface area (Å²) in [4.78, 5) is 3.42. The molecule has 0 spiro atoms. The Labute approximate surface area is 78.9 Å². The SMILES string of the molecule is CC1NCCn2c1cnc2C(F)(F)F. The second kappa shape index (κ2) is 2.98. The van der Waals surface area contributed by atoms with Crippen LogP contribution in [-0.4, -0.2) is 16.1 Å². The van der Waals surface area contributed by atoms with Crippen LogP contribution in [0.15, 0.2) is 6.20 Å². The van der Waals surface area contributed by atoms with Crippen molar-refractivity contribution in [2.75, 3.05) is 6.54 Å². The van der Waals surface area contributed by atoms with E-state index in [-0.39, 0.29) is 6.04 Å². The zero-order valence-electron chi connectivity index (χ0n) is 7.60. The largest absolute Gasteiger partial charge is 0.449 e. The van der Waals surface area contributed by atoms with Gasteiger partial charge in [0, 0.05) is 19.1 Å². The quantitative estimate of drug-likeness (QED) is 0.696. The van der Waals surface area contributed by atoms with Gasteiger partial charge >= 0.3 is 6.18 Å². The molecule has 2 heterocycles. The maximum atomic E-state index is 12.4. The van der Waals surface area contributed by atoms with Crippen molar-refractivity contribution in [1.29, 1.82) is 0 Å². The van der Waals surface area contributed by atoms with Gasteiger partial charge in [0.15, 0.2) is 0 Å². The Morgan fingerprint density at radius 3 is 2.93 bits per heavy atom. The highest BCUT2D eigenvalue weighted by molar-refractivity contribution is 5.13. The number of nitrogens with one attached hydrogen (secondary N) is 1. The summed E-state index contributed by atoms with van der Waals surface area (Å²) in [7, 11) is 0. The molecule has 0 fully saturated rings. The molecule has 6 heteroatoms. The molecule has 0 aliphatic carbocycles. The van der Waals surface area contributed by atoms with Crippen molar-refractivity contribution in [3.8, 4) is 0 Å². The molecule has 1 N–H and O–H groups in total. The Kier molecular flexibility index (Phi) is 2.02. The third kappa shape index (κ3) is 1.39. The maximum absolute atomic E-state index is 12.4. The number of nitrogens with zero attached hydrogens (tertiary/aromatic N) is 2. The predicted octanol–water partition coefficient (Wildman–Crippen LogP) is 1.57. The second-order valence-electron chi connectivity index (χ2n) is 3.33. The van der Waals surface area contributed by atoms with Gasteiger partial charge in [-0.1, -0.05) is 0 Å². The van der Waals surface area contributed by atoms with E-state index in [4.69, 9.17) is 0 Å². The molecular weight excluding hydrogens is 195 g/mol. The molecule has 3 nitrogen and oxygen atoms in total. The summed E-state index contributed by atoms with van der Waals surface area (Å²) in [6, 6.07) is -0.0626. The lowest BCUT2D eigenvalue weighted by atomic mass is 10.2. The molecule has 14 heavy (non-hydrogen) atoms. The van der Waals surface area contributed by atoms with Gasteiger partial charge in [0.25, 0.3) is 0 Å². The highest BCUT2D eigenvalue weighted by Crippen LogP contribution is 2.31. The summed E-state index contributed by atoms with van der Waals surface area (Å²) < 4.78 is 38.5. The van der Waals surface area contributed by atoms with Gasteiger partial charge in [0.2, 0.25) is 5.82 Å². The number of hydrogen-bond acceptors (Lipinski definition) is 2. The monoisotopic (exact) mass is 205 g/mol. The number of hydrogen-bond donors (Lipinski definition) is 1. The first-order valence-electron chi connectivity index (χ1n) is 4.36. The normalized spacial score (nSPS) is 22.1. The first kappa shape index (κ1) is 9.51. The van der Waals surface area contributed by atoms with E-state index in [1.165, 1.54) is 10.8 Å². The molecule has 1 aliphatic rings. The van der Waals surface area contributed by atoms with Gasteiger partial charge in [0.05, 0.1) is 11.9 Å². The second-order valence-corrected chi connectivity index (χ2v) is 3.33. The zero-order valence-corrected chi connectivity index (χ0v) is 7.60. The van der Waals surface area contributed by atoms with Crippen LogP contribution in [0.1, 0.15) is 24.5 Å². The first-order chi connectivity index (χ1) is 6.50. The van der Waals surface area contributed by atoms with E-state index in [0.29, 0.717) is 18.8 Å². The third-order valence-corrected chi connectivity index (χ3v) is 2.37. The molecule has 1 aliphatic heterocycles. The summed E-state index contributed by atoms with van der Waals surface area (Å²) in [6.45, 7) is 2.70. The molecule has 0 bridgehead atoms. The summed E-state index contributed by atoms with van der Waals surface area (Å²) in [5.74, 6) is -0.791. The Morgan fingerprint density at radius 2 is 2.29 bits per heavy atom. The van der Waals surface area contributed by atoms with Crippen LogP contribution in [0.4, 0.5) is 13.2 Å². The molecule has 0 radical (unpaired) electrons. The summed E-state index contributed by atoms with van der Waals surface area (Å²) >= 11 is 0. The first-order valence-corrected chi connectivity index (χ1v) is 4.36. The minimum atomic E-state index is -4.35. The number of fused-ring (bicyclic) bond motifs is 1. The molecule has 0 saturated heterocycles. The van der Waals surface area contributed by atoms with Crippen LogP contribution in [0.2, 0.25) is 0 Å². The zero-order chi connectivity index (χ0) is 10.3. The number of alkyl halides is 3. The van der Waals surface area contributed by atoms with Crippen LogP contribution >= 0.6 is 0 Å². The predicted molar refractivity (Wildman–Crippen MR) is 43.6 cm³/mol. The van der Waals surface area contributed by atoms with E-state index in [2.05, 4.69) is 10.3 Å². The van der Waals surface area contributed by atoms with Gasteiger partial charge in [-0.15, -0.1) is 0 Å². The van der Waals surface area contributed by atoms with Crippen LogP contribution in [0.3, 0.4) is 0 Å². The van der Waals surface area contributed by atoms with Crippen molar-refractivity contribution in [1.82, 2.24) is 14.9 Å². The molecule has 0 saturated carbocycles. The van der Waals surface area contributed by atoms with Gasteiger partial charge in [0.1, 0.15) is 0 Å². The van der Waals surface area contributed by atoms with E-state index in [0.717, 1.165) is 0 Å². The Morgan fingerprint density at radius 1 is 1.57 bits per heavy atom. The van der Waals surface area contributed by atoms with Crippen LogP contribution < -0.4 is 5.32 Å². The standard InChI is InChI=1S/C8H10F3N3/c1-5-6-4-13-7(8(9,10)11)14(6)3-2-12-5/h4-5,12H,2-3H2,1H3. The van der Waals surface area contributed by atoms with Crippen molar-refractivity contribution in [2.45, 2.75) is 25.7 Å². The molecule has 0 amide bonds. The Hall–Kier alpha value is -1.04. The fourth-order valence-corrected chi connectivity index (χ4v) is 1.69. The van der Waals surface area contributed by atoms with E-state index in [1.807, 2.05) is 6.92 Å². The fourth-order valence-electron chi connectivity index (χ4n) is 1.69. The van der Waals surface area contributed by atoms with Crippen LogP contribution in [0, 0.1) is 0 Å². The lowest BCUT2D eigenvalue weighted by molar-refractivity contribution is -0.147. The summed E-state index contributed by atoms with van der Waals surface area (Å²) in [6.07, 6.45) is -3.06. The average molecular weight is 205 g/mol. The van der Waals surface area contributed by atoms with Gasteiger partial charge in [-0.05, 0) is 6.92 Å².